The van der Waals surface area contributed by atoms with Gasteiger partial charge in [-0.15, -0.1) is 0 Å². The molecule has 0 spiro atoms. The van der Waals surface area contributed by atoms with E-state index < -0.39 is 0 Å². The van der Waals surface area contributed by atoms with Crippen LogP contribution >= 0.6 is 11.6 Å². The normalized spacial score (nSPS) is 16.4. The van der Waals surface area contributed by atoms with Crippen molar-refractivity contribution in [1.29, 1.82) is 0 Å². The summed E-state index contributed by atoms with van der Waals surface area (Å²) in [4.78, 5) is 4.33. The molecule has 0 bridgehead atoms. The molecule has 1 aromatic rings. The smallest absolute Gasteiger partial charge is 0.0637 e. The molecule has 16 heavy (non-hydrogen) atoms. The molecule has 0 radical (unpaired) electrons. The van der Waals surface area contributed by atoms with Gasteiger partial charge in [-0.25, -0.2) is 0 Å². The van der Waals surface area contributed by atoms with Gasteiger partial charge in [-0.2, -0.15) is 0 Å². The Kier molecular flexibility index (Phi) is 3.48. The van der Waals surface area contributed by atoms with Gasteiger partial charge in [-0.3, -0.25) is 4.98 Å². The molecule has 0 aliphatic heterocycles. The van der Waals surface area contributed by atoms with E-state index in [-0.39, 0.29) is 5.92 Å². The lowest BCUT2D eigenvalue weighted by molar-refractivity contribution is 0.745. The Morgan fingerprint density at radius 1 is 1.62 bits per heavy atom. The maximum Gasteiger partial charge on any atom is 0.0637 e. The van der Waals surface area contributed by atoms with Gasteiger partial charge < -0.3 is 5.73 Å². The highest BCUT2D eigenvalue weighted by Crippen LogP contribution is 2.28. The van der Waals surface area contributed by atoms with E-state index >= 15 is 0 Å². The number of rotatable bonds is 2. The van der Waals surface area contributed by atoms with E-state index in [4.69, 9.17) is 17.3 Å². The summed E-state index contributed by atoms with van der Waals surface area (Å²) in [5.41, 5.74) is 7.35. The van der Waals surface area contributed by atoms with Gasteiger partial charge >= 0.3 is 0 Å². The summed E-state index contributed by atoms with van der Waals surface area (Å²) in [5, 5.41) is 0.667. The van der Waals surface area contributed by atoms with Crippen molar-refractivity contribution in [3.05, 3.63) is 28.5 Å². The van der Waals surface area contributed by atoms with Crippen LogP contribution in [0.25, 0.3) is 0 Å². The van der Waals surface area contributed by atoms with Crippen molar-refractivity contribution in [2.45, 2.75) is 25.7 Å². The molecular weight excluding hydrogens is 220 g/mol. The van der Waals surface area contributed by atoms with Gasteiger partial charge in [0, 0.05) is 30.1 Å². The molecule has 0 aromatic carbocycles. The molecule has 2 rings (SSSR count). The Morgan fingerprint density at radius 3 is 2.94 bits per heavy atom. The van der Waals surface area contributed by atoms with Gasteiger partial charge in [0.25, 0.3) is 0 Å². The minimum Gasteiger partial charge on any atom is -0.330 e. The van der Waals surface area contributed by atoms with Crippen LogP contribution in [0.2, 0.25) is 5.02 Å². The highest BCUT2D eigenvalue weighted by molar-refractivity contribution is 6.31. The summed E-state index contributed by atoms with van der Waals surface area (Å²) in [6.45, 7) is 2.57. The van der Waals surface area contributed by atoms with E-state index in [1.165, 1.54) is 12.8 Å². The van der Waals surface area contributed by atoms with Crippen LogP contribution < -0.4 is 5.73 Å². The Bertz CT molecular complexity index is 441. The first-order valence-electron chi connectivity index (χ1n) is 5.57. The molecule has 0 saturated heterocycles. The van der Waals surface area contributed by atoms with Crippen molar-refractivity contribution in [1.82, 2.24) is 4.98 Å². The largest absolute Gasteiger partial charge is 0.330 e. The lowest BCUT2D eigenvalue weighted by atomic mass is 10.1. The number of pyridine rings is 1. The zero-order chi connectivity index (χ0) is 11.5. The molecule has 3 heteroatoms. The number of hydrogen-bond acceptors (Lipinski definition) is 2. The first-order valence-corrected chi connectivity index (χ1v) is 5.95. The van der Waals surface area contributed by atoms with Gasteiger partial charge in [0.1, 0.15) is 0 Å². The Labute approximate surface area is 101 Å². The molecular formula is C13H15ClN2. The number of nitrogens with two attached hydrogens (primary N) is 1. The average molecular weight is 235 g/mol. The molecule has 1 aliphatic carbocycles. The van der Waals surface area contributed by atoms with Crippen LogP contribution in [0.15, 0.2) is 12.3 Å². The third kappa shape index (κ3) is 2.75. The number of halogens is 1. The molecule has 1 fully saturated rings. The van der Waals surface area contributed by atoms with Crippen molar-refractivity contribution < 1.29 is 0 Å². The molecule has 1 aromatic heterocycles. The summed E-state index contributed by atoms with van der Waals surface area (Å²) in [5.74, 6) is 7.08. The second-order valence-corrected chi connectivity index (χ2v) is 4.68. The van der Waals surface area contributed by atoms with Crippen molar-refractivity contribution in [3.63, 3.8) is 0 Å². The lowest BCUT2D eigenvalue weighted by Crippen LogP contribution is -2.10. The highest BCUT2D eigenvalue weighted by atomic mass is 35.5. The maximum absolute atomic E-state index is 6.15. The fourth-order valence-electron chi connectivity index (χ4n) is 1.40. The average Bonchev–Trinajstić information content (AvgIpc) is 3.09. The van der Waals surface area contributed by atoms with Crippen molar-refractivity contribution in [3.8, 4) is 11.8 Å². The summed E-state index contributed by atoms with van der Waals surface area (Å²) in [6, 6.07) is 1.88. The first kappa shape index (κ1) is 11.4. The molecule has 1 unspecified atom stereocenters. The second-order valence-electron chi connectivity index (χ2n) is 4.27. The fraction of sp³-hybridized carbons (Fsp3) is 0.462. The SMILES string of the molecule is CC(CN)c1ncc(C#CC2CC2)cc1Cl. The Hall–Kier alpha value is -1.04. The van der Waals surface area contributed by atoms with Crippen LogP contribution in [0.5, 0.6) is 0 Å². The predicted octanol–water partition coefficient (Wildman–Crippen LogP) is 2.56. The van der Waals surface area contributed by atoms with Crippen molar-refractivity contribution >= 4 is 11.6 Å². The van der Waals surface area contributed by atoms with E-state index in [1.54, 1.807) is 6.20 Å². The molecule has 1 aliphatic rings. The monoisotopic (exact) mass is 234 g/mol. The second kappa shape index (κ2) is 4.86. The Balaban J connectivity index is 2.19. The van der Waals surface area contributed by atoms with Crippen molar-refractivity contribution in [2.24, 2.45) is 11.7 Å². The van der Waals surface area contributed by atoms with Crippen LogP contribution in [0, 0.1) is 17.8 Å². The molecule has 0 amide bonds. The van der Waals surface area contributed by atoms with E-state index in [9.17, 15) is 0 Å². The summed E-state index contributed by atoms with van der Waals surface area (Å²) < 4.78 is 0. The highest BCUT2D eigenvalue weighted by Gasteiger charge is 2.17. The van der Waals surface area contributed by atoms with Crippen LogP contribution in [-0.2, 0) is 0 Å². The number of aromatic nitrogens is 1. The third-order valence-corrected chi connectivity index (χ3v) is 2.99. The fourth-order valence-corrected chi connectivity index (χ4v) is 1.76. The zero-order valence-corrected chi connectivity index (χ0v) is 10.1. The number of hydrogen-bond donors (Lipinski definition) is 1. The molecule has 1 atom stereocenters. The van der Waals surface area contributed by atoms with E-state index in [1.807, 2.05) is 13.0 Å². The minimum absolute atomic E-state index is 0.193. The molecule has 1 heterocycles. The Morgan fingerprint density at radius 2 is 2.38 bits per heavy atom. The topological polar surface area (TPSA) is 38.9 Å². The first-order chi connectivity index (χ1) is 7.70. The number of nitrogens with zero attached hydrogens (tertiary/aromatic N) is 1. The zero-order valence-electron chi connectivity index (χ0n) is 9.33. The summed E-state index contributed by atoms with van der Waals surface area (Å²) in [6.07, 6.45) is 4.25. The molecule has 2 N–H and O–H groups in total. The quantitative estimate of drug-likeness (QED) is 0.799. The minimum atomic E-state index is 0.193. The standard InChI is InChI=1S/C13H15ClN2/c1-9(7-15)13-12(14)6-11(8-16-13)5-4-10-2-3-10/h6,8-10H,2-3,7,15H2,1H3. The summed E-state index contributed by atoms with van der Waals surface area (Å²) >= 11 is 6.15. The summed E-state index contributed by atoms with van der Waals surface area (Å²) in [7, 11) is 0. The van der Waals surface area contributed by atoms with Crippen LogP contribution in [0.1, 0.15) is 36.9 Å². The van der Waals surface area contributed by atoms with Crippen molar-refractivity contribution in [2.75, 3.05) is 6.54 Å². The van der Waals surface area contributed by atoms with Gasteiger partial charge in [-0.05, 0) is 18.9 Å². The molecule has 1 saturated carbocycles. The molecule has 2 nitrogen and oxygen atoms in total. The van der Waals surface area contributed by atoms with Gasteiger partial charge in [0.05, 0.1) is 10.7 Å². The maximum atomic E-state index is 6.15. The van der Waals surface area contributed by atoms with Crippen LogP contribution in [-0.4, -0.2) is 11.5 Å². The van der Waals surface area contributed by atoms with E-state index in [0.29, 0.717) is 17.5 Å². The lowest BCUT2D eigenvalue weighted by Gasteiger charge is -2.09. The molecule has 84 valence electrons. The van der Waals surface area contributed by atoms with Gasteiger partial charge in [-0.1, -0.05) is 30.4 Å². The van der Waals surface area contributed by atoms with E-state index in [0.717, 1.165) is 11.3 Å². The van der Waals surface area contributed by atoms with Gasteiger partial charge in [0.15, 0.2) is 0 Å². The van der Waals surface area contributed by atoms with Crippen LogP contribution in [0.4, 0.5) is 0 Å². The van der Waals surface area contributed by atoms with Crippen LogP contribution in [0.3, 0.4) is 0 Å². The predicted molar refractivity (Wildman–Crippen MR) is 66.3 cm³/mol. The van der Waals surface area contributed by atoms with Gasteiger partial charge in [0.2, 0.25) is 0 Å². The third-order valence-electron chi connectivity index (χ3n) is 2.69. The van der Waals surface area contributed by atoms with E-state index in [2.05, 4.69) is 16.8 Å².